The lowest BCUT2D eigenvalue weighted by atomic mass is 9.81. The first-order valence-corrected chi connectivity index (χ1v) is 10.3. The third kappa shape index (κ3) is 4.53. The van der Waals surface area contributed by atoms with Crippen molar-refractivity contribution in [2.24, 2.45) is 5.92 Å². The van der Waals surface area contributed by atoms with Crippen LogP contribution in [-0.4, -0.2) is 6.54 Å². The summed E-state index contributed by atoms with van der Waals surface area (Å²) in [7, 11) is 0. The van der Waals surface area contributed by atoms with Gasteiger partial charge in [-0.2, -0.15) is 13.2 Å². The van der Waals surface area contributed by atoms with Gasteiger partial charge in [0.2, 0.25) is 0 Å². The van der Waals surface area contributed by atoms with Gasteiger partial charge in [0.15, 0.2) is 0 Å². The number of anilines is 1. The second-order valence-electron chi connectivity index (χ2n) is 8.20. The van der Waals surface area contributed by atoms with Crippen LogP contribution in [-0.2, 0) is 6.18 Å². The van der Waals surface area contributed by atoms with E-state index in [-0.39, 0.29) is 6.04 Å². The number of alkyl halides is 3. The first-order chi connectivity index (χ1) is 13.3. The van der Waals surface area contributed by atoms with Gasteiger partial charge in [0.05, 0.1) is 11.6 Å². The monoisotopic (exact) mass is 389 g/mol. The fraction of sp³-hybridized carbons (Fsp3) is 0.500. The Morgan fingerprint density at radius 3 is 2.18 bits per heavy atom. The molecule has 3 rings (SSSR count). The molecule has 1 nitrogen and oxygen atoms in total. The van der Waals surface area contributed by atoms with Gasteiger partial charge < -0.3 is 4.90 Å². The van der Waals surface area contributed by atoms with E-state index >= 15 is 0 Å². The minimum Gasteiger partial charge on any atom is -0.364 e. The maximum atomic E-state index is 13.0. The maximum Gasteiger partial charge on any atom is 0.416 e. The number of piperidine rings is 1. The lowest BCUT2D eigenvalue weighted by Gasteiger charge is -2.43. The quantitative estimate of drug-likeness (QED) is 0.509. The number of halogens is 3. The number of benzene rings is 2. The van der Waals surface area contributed by atoms with Crippen molar-refractivity contribution < 1.29 is 13.2 Å². The molecule has 1 saturated heterocycles. The molecule has 4 heteroatoms. The highest BCUT2D eigenvalue weighted by Gasteiger charge is 2.34. The summed E-state index contributed by atoms with van der Waals surface area (Å²) < 4.78 is 39.0. The predicted octanol–water partition coefficient (Wildman–Crippen LogP) is 7.59. The van der Waals surface area contributed by atoms with Crippen LogP contribution in [0, 0.1) is 5.92 Å². The summed E-state index contributed by atoms with van der Waals surface area (Å²) in [6, 6.07) is 14.6. The summed E-state index contributed by atoms with van der Waals surface area (Å²) in [4.78, 5) is 2.40. The Morgan fingerprint density at radius 1 is 1.00 bits per heavy atom. The van der Waals surface area contributed by atoms with Crippen molar-refractivity contribution in [2.45, 2.75) is 64.6 Å². The van der Waals surface area contributed by atoms with E-state index in [9.17, 15) is 13.2 Å². The zero-order valence-electron chi connectivity index (χ0n) is 17.0. The van der Waals surface area contributed by atoms with Gasteiger partial charge in [0.25, 0.3) is 0 Å². The smallest absolute Gasteiger partial charge is 0.364 e. The lowest BCUT2D eigenvalue weighted by Crippen LogP contribution is -2.39. The molecule has 1 aliphatic rings. The molecular weight excluding hydrogens is 359 g/mol. The molecule has 2 aromatic rings. The second-order valence-corrected chi connectivity index (χ2v) is 8.20. The standard InChI is InChI=1S/C24H30F3N/c1-4-6-19-7-5-16-28(22-14-10-18(11-15-22)17(2)3)23(19)20-8-12-21(13-9-20)24(25,26)27/h8-15,17,19,23H,4-7,16H2,1-3H3/t19-,23-/m1/s1. The fourth-order valence-corrected chi connectivity index (χ4v) is 4.41. The Hall–Kier alpha value is -1.97. The van der Waals surface area contributed by atoms with E-state index in [0.29, 0.717) is 11.8 Å². The molecule has 0 saturated carbocycles. The predicted molar refractivity (Wildman–Crippen MR) is 110 cm³/mol. The van der Waals surface area contributed by atoms with Crippen molar-refractivity contribution in [2.75, 3.05) is 11.4 Å². The van der Waals surface area contributed by atoms with Crippen LogP contribution < -0.4 is 4.90 Å². The Bertz CT molecular complexity index is 745. The lowest BCUT2D eigenvalue weighted by molar-refractivity contribution is -0.137. The highest BCUT2D eigenvalue weighted by molar-refractivity contribution is 5.51. The molecule has 0 aromatic heterocycles. The molecule has 28 heavy (non-hydrogen) atoms. The molecule has 0 radical (unpaired) electrons. The van der Waals surface area contributed by atoms with Gasteiger partial charge in [-0.1, -0.05) is 51.5 Å². The molecule has 1 fully saturated rings. The van der Waals surface area contributed by atoms with Crippen molar-refractivity contribution in [1.82, 2.24) is 0 Å². The molecule has 1 heterocycles. The van der Waals surface area contributed by atoms with Crippen LogP contribution in [0.1, 0.15) is 75.1 Å². The third-order valence-electron chi connectivity index (χ3n) is 5.89. The Morgan fingerprint density at radius 2 is 1.64 bits per heavy atom. The van der Waals surface area contributed by atoms with Crippen molar-refractivity contribution in [3.63, 3.8) is 0 Å². The summed E-state index contributed by atoms with van der Waals surface area (Å²) in [5.74, 6) is 0.939. The van der Waals surface area contributed by atoms with Gasteiger partial charge in [-0.15, -0.1) is 0 Å². The van der Waals surface area contributed by atoms with E-state index in [2.05, 4.69) is 49.9 Å². The van der Waals surface area contributed by atoms with Gasteiger partial charge in [0, 0.05) is 12.2 Å². The van der Waals surface area contributed by atoms with Gasteiger partial charge in [-0.05, 0) is 66.5 Å². The summed E-state index contributed by atoms with van der Waals surface area (Å²) in [5, 5.41) is 0. The molecular formula is C24H30F3N. The Kier molecular flexibility index (Phi) is 6.36. The molecule has 0 spiro atoms. The number of nitrogens with zero attached hydrogens (tertiary/aromatic N) is 1. The highest BCUT2D eigenvalue weighted by Crippen LogP contribution is 2.42. The molecule has 0 unspecified atom stereocenters. The topological polar surface area (TPSA) is 3.24 Å². The second kappa shape index (κ2) is 8.59. The molecule has 0 aliphatic carbocycles. The summed E-state index contributed by atoms with van der Waals surface area (Å²) in [6.45, 7) is 7.48. The Balaban J connectivity index is 1.95. The van der Waals surface area contributed by atoms with E-state index in [1.807, 2.05) is 0 Å². The number of rotatable bonds is 5. The van der Waals surface area contributed by atoms with Crippen LogP contribution in [0.25, 0.3) is 0 Å². The van der Waals surface area contributed by atoms with E-state index < -0.39 is 11.7 Å². The van der Waals surface area contributed by atoms with Crippen LogP contribution in [0.3, 0.4) is 0 Å². The molecule has 2 atom stereocenters. The fourth-order valence-electron chi connectivity index (χ4n) is 4.41. The van der Waals surface area contributed by atoms with Crippen LogP contribution in [0.15, 0.2) is 48.5 Å². The molecule has 152 valence electrons. The number of hydrogen-bond acceptors (Lipinski definition) is 1. The zero-order chi connectivity index (χ0) is 20.3. The molecule has 2 aromatic carbocycles. The average molecular weight is 390 g/mol. The highest BCUT2D eigenvalue weighted by atomic mass is 19.4. The molecule has 0 bridgehead atoms. The van der Waals surface area contributed by atoms with Crippen LogP contribution in [0.4, 0.5) is 18.9 Å². The van der Waals surface area contributed by atoms with Crippen molar-refractivity contribution in [3.05, 3.63) is 65.2 Å². The largest absolute Gasteiger partial charge is 0.416 e. The average Bonchev–Trinajstić information content (AvgIpc) is 2.67. The minimum absolute atomic E-state index is 0.126. The summed E-state index contributed by atoms with van der Waals surface area (Å²) >= 11 is 0. The summed E-state index contributed by atoms with van der Waals surface area (Å²) in [5.41, 5.74) is 2.87. The van der Waals surface area contributed by atoms with Crippen molar-refractivity contribution in [1.29, 1.82) is 0 Å². The normalized spacial score (nSPS) is 20.6. The van der Waals surface area contributed by atoms with Crippen LogP contribution >= 0.6 is 0 Å². The van der Waals surface area contributed by atoms with Gasteiger partial charge in [-0.25, -0.2) is 0 Å². The first kappa shape index (κ1) is 20.8. The third-order valence-corrected chi connectivity index (χ3v) is 5.89. The van der Waals surface area contributed by atoms with Crippen LogP contribution in [0.2, 0.25) is 0 Å². The van der Waals surface area contributed by atoms with Gasteiger partial charge in [-0.3, -0.25) is 0 Å². The maximum absolute atomic E-state index is 13.0. The van der Waals surface area contributed by atoms with E-state index in [0.717, 1.165) is 43.5 Å². The van der Waals surface area contributed by atoms with E-state index in [1.165, 1.54) is 17.7 Å². The number of hydrogen-bond donors (Lipinski definition) is 0. The minimum atomic E-state index is -4.29. The molecule has 0 N–H and O–H groups in total. The SMILES string of the molecule is CCC[C@@H]1CCCN(c2ccc(C(C)C)cc2)[C@H]1c1ccc(C(F)(F)F)cc1. The molecule has 1 aliphatic heterocycles. The van der Waals surface area contributed by atoms with E-state index in [1.54, 1.807) is 12.1 Å². The summed E-state index contributed by atoms with van der Waals surface area (Å²) in [6.07, 6.45) is 0.127. The van der Waals surface area contributed by atoms with Crippen LogP contribution in [0.5, 0.6) is 0 Å². The van der Waals surface area contributed by atoms with Crippen molar-refractivity contribution in [3.8, 4) is 0 Å². The molecule has 0 amide bonds. The first-order valence-electron chi connectivity index (χ1n) is 10.3. The van der Waals surface area contributed by atoms with Gasteiger partial charge in [0.1, 0.15) is 0 Å². The van der Waals surface area contributed by atoms with Crippen molar-refractivity contribution >= 4 is 5.69 Å². The van der Waals surface area contributed by atoms with E-state index in [4.69, 9.17) is 0 Å². The van der Waals surface area contributed by atoms with Gasteiger partial charge >= 0.3 is 6.18 Å². The zero-order valence-corrected chi connectivity index (χ0v) is 17.0. The Labute approximate surface area is 166 Å².